The summed E-state index contributed by atoms with van der Waals surface area (Å²) in [5.74, 6) is 0. The Labute approximate surface area is 63.6 Å². The molecule has 10 heavy (non-hydrogen) atoms. The Kier molecular flexibility index (Phi) is 2.73. The fourth-order valence-corrected chi connectivity index (χ4v) is 1.51. The molecule has 0 amide bonds. The third-order valence-corrected chi connectivity index (χ3v) is 2.16. The minimum atomic E-state index is 1.30. The fraction of sp³-hybridized carbons (Fsp3) is 0.600. The van der Waals surface area contributed by atoms with Gasteiger partial charge in [-0.15, -0.1) is 0 Å². The molecule has 0 radical (unpaired) electrons. The molecule has 0 aromatic carbocycles. The van der Waals surface area contributed by atoms with Crippen molar-refractivity contribution in [3.05, 3.63) is 23.3 Å². The van der Waals surface area contributed by atoms with Crippen molar-refractivity contribution in [3.8, 4) is 0 Å². The van der Waals surface area contributed by atoms with E-state index in [9.17, 15) is 0 Å². The first-order valence-electron chi connectivity index (χ1n) is 4.16. The lowest BCUT2D eigenvalue weighted by atomic mass is 9.93. The summed E-state index contributed by atoms with van der Waals surface area (Å²) in [6.07, 6.45) is 9.80. The minimum absolute atomic E-state index is 1.30. The van der Waals surface area contributed by atoms with Crippen molar-refractivity contribution in [1.29, 1.82) is 0 Å². The molecule has 0 aromatic heterocycles. The minimum Gasteiger partial charge on any atom is -0.0874 e. The van der Waals surface area contributed by atoms with Crippen LogP contribution in [-0.2, 0) is 0 Å². The maximum Gasteiger partial charge on any atom is -0.0279 e. The molecule has 0 fully saturated rings. The number of allylic oxidation sites excluding steroid dienone is 4. The predicted molar refractivity (Wildman–Crippen MR) is 46.0 cm³/mol. The highest BCUT2D eigenvalue weighted by molar-refractivity contribution is 5.25. The molecule has 0 N–H and O–H groups in total. The molecule has 56 valence electrons. The molecule has 1 rings (SSSR count). The second-order valence-corrected chi connectivity index (χ2v) is 3.01. The van der Waals surface area contributed by atoms with E-state index in [2.05, 4.69) is 26.0 Å². The molecule has 0 saturated carbocycles. The maximum atomic E-state index is 2.26. The molecule has 0 unspecified atom stereocenters. The predicted octanol–water partition coefficient (Wildman–Crippen LogP) is 3.45. The molecule has 0 heterocycles. The van der Waals surface area contributed by atoms with Gasteiger partial charge in [-0.25, -0.2) is 0 Å². The molecule has 0 aliphatic heterocycles. The van der Waals surface area contributed by atoms with Gasteiger partial charge in [0.1, 0.15) is 0 Å². The number of hydrogen-bond acceptors (Lipinski definition) is 0. The first-order chi connectivity index (χ1) is 4.84. The summed E-state index contributed by atoms with van der Waals surface area (Å²) < 4.78 is 0. The summed E-state index contributed by atoms with van der Waals surface area (Å²) in [6.45, 7) is 4.35. The zero-order chi connectivity index (χ0) is 7.40. The summed E-state index contributed by atoms with van der Waals surface area (Å²) in [5.41, 5.74) is 3.18. The largest absolute Gasteiger partial charge is 0.0874 e. The average Bonchev–Trinajstić information content (AvgIpc) is 1.94. The van der Waals surface area contributed by atoms with E-state index in [1.54, 1.807) is 11.1 Å². The van der Waals surface area contributed by atoms with E-state index in [1.165, 1.54) is 25.7 Å². The van der Waals surface area contributed by atoms with Gasteiger partial charge in [-0.05, 0) is 45.1 Å². The van der Waals surface area contributed by atoms with Crippen LogP contribution in [0.2, 0.25) is 0 Å². The molecule has 0 nitrogen and oxygen atoms in total. The first kappa shape index (κ1) is 7.59. The SMILES string of the molecule is CC=CC1=C(C)CCCC1. The van der Waals surface area contributed by atoms with Crippen molar-refractivity contribution < 1.29 is 0 Å². The molecule has 1 aliphatic rings. The first-order valence-corrected chi connectivity index (χ1v) is 4.16. The van der Waals surface area contributed by atoms with Crippen LogP contribution in [0, 0.1) is 0 Å². The lowest BCUT2D eigenvalue weighted by molar-refractivity contribution is 0.683. The van der Waals surface area contributed by atoms with Gasteiger partial charge in [0.05, 0.1) is 0 Å². The van der Waals surface area contributed by atoms with E-state index in [4.69, 9.17) is 0 Å². The molecule has 1 aliphatic carbocycles. The lowest BCUT2D eigenvalue weighted by Crippen LogP contribution is -1.94. The standard InChI is InChI=1S/C10H16/c1-3-6-10-8-5-4-7-9(10)2/h3,6H,4-5,7-8H2,1-2H3. The normalized spacial score (nSPS) is 20.6. The van der Waals surface area contributed by atoms with Gasteiger partial charge in [0, 0.05) is 0 Å². The van der Waals surface area contributed by atoms with E-state index in [-0.39, 0.29) is 0 Å². The molecule has 0 heteroatoms. The van der Waals surface area contributed by atoms with Gasteiger partial charge in [-0.1, -0.05) is 17.7 Å². The van der Waals surface area contributed by atoms with Crippen LogP contribution in [0.5, 0.6) is 0 Å². The van der Waals surface area contributed by atoms with Crippen molar-refractivity contribution in [2.75, 3.05) is 0 Å². The van der Waals surface area contributed by atoms with E-state index in [1.807, 2.05) is 0 Å². The zero-order valence-corrected chi connectivity index (χ0v) is 6.98. The van der Waals surface area contributed by atoms with E-state index in [0.29, 0.717) is 0 Å². The van der Waals surface area contributed by atoms with Crippen LogP contribution in [0.15, 0.2) is 23.3 Å². The summed E-state index contributed by atoms with van der Waals surface area (Å²) in [4.78, 5) is 0. The van der Waals surface area contributed by atoms with Crippen LogP contribution >= 0.6 is 0 Å². The van der Waals surface area contributed by atoms with Crippen LogP contribution in [0.25, 0.3) is 0 Å². The Morgan fingerprint density at radius 3 is 2.50 bits per heavy atom. The molecule has 0 atom stereocenters. The maximum absolute atomic E-state index is 2.26. The van der Waals surface area contributed by atoms with Gasteiger partial charge >= 0.3 is 0 Å². The second-order valence-electron chi connectivity index (χ2n) is 3.01. The Morgan fingerprint density at radius 2 is 1.90 bits per heavy atom. The topological polar surface area (TPSA) is 0 Å². The van der Waals surface area contributed by atoms with Crippen molar-refractivity contribution in [2.24, 2.45) is 0 Å². The smallest absolute Gasteiger partial charge is 0.0279 e. The van der Waals surface area contributed by atoms with Crippen LogP contribution in [-0.4, -0.2) is 0 Å². The van der Waals surface area contributed by atoms with Gasteiger partial charge in [0.2, 0.25) is 0 Å². The van der Waals surface area contributed by atoms with E-state index < -0.39 is 0 Å². The molecular formula is C10H16. The van der Waals surface area contributed by atoms with Crippen LogP contribution in [0.3, 0.4) is 0 Å². The second kappa shape index (κ2) is 3.60. The van der Waals surface area contributed by atoms with E-state index >= 15 is 0 Å². The zero-order valence-electron chi connectivity index (χ0n) is 6.98. The van der Waals surface area contributed by atoms with Crippen molar-refractivity contribution in [3.63, 3.8) is 0 Å². The van der Waals surface area contributed by atoms with Gasteiger partial charge in [-0.2, -0.15) is 0 Å². The highest BCUT2D eigenvalue weighted by Crippen LogP contribution is 2.24. The Balaban J connectivity index is 2.68. The third-order valence-electron chi connectivity index (χ3n) is 2.16. The van der Waals surface area contributed by atoms with Crippen LogP contribution in [0.4, 0.5) is 0 Å². The Bertz CT molecular complexity index is 161. The number of hydrogen-bond donors (Lipinski definition) is 0. The van der Waals surface area contributed by atoms with Gasteiger partial charge in [0.25, 0.3) is 0 Å². The third kappa shape index (κ3) is 1.73. The van der Waals surface area contributed by atoms with E-state index in [0.717, 1.165) is 0 Å². The quantitative estimate of drug-likeness (QED) is 0.518. The summed E-state index contributed by atoms with van der Waals surface area (Å²) in [6, 6.07) is 0. The highest BCUT2D eigenvalue weighted by atomic mass is 14.1. The summed E-state index contributed by atoms with van der Waals surface area (Å²) >= 11 is 0. The Hall–Kier alpha value is -0.520. The lowest BCUT2D eigenvalue weighted by Gasteiger charge is -2.13. The summed E-state index contributed by atoms with van der Waals surface area (Å²) in [7, 11) is 0. The van der Waals surface area contributed by atoms with Crippen molar-refractivity contribution in [2.45, 2.75) is 39.5 Å². The molecule has 0 spiro atoms. The van der Waals surface area contributed by atoms with Gasteiger partial charge in [0.15, 0.2) is 0 Å². The molecule has 0 bridgehead atoms. The van der Waals surface area contributed by atoms with Crippen molar-refractivity contribution >= 4 is 0 Å². The fourth-order valence-electron chi connectivity index (χ4n) is 1.51. The molecule has 0 saturated heterocycles. The van der Waals surface area contributed by atoms with Crippen LogP contribution in [0.1, 0.15) is 39.5 Å². The summed E-state index contributed by atoms with van der Waals surface area (Å²) in [5, 5.41) is 0. The molecule has 0 aromatic rings. The van der Waals surface area contributed by atoms with Crippen molar-refractivity contribution in [1.82, 2.24) is 0 Å². The van der Waals surface area contributed by atoms with Gasteiger partial charge in [-0.3, -0.25) is 0 Å². The van der Waals surface area contributed by atoms with Crippen LogP contribution < -0.4 is 0 Å². The average molecular weight is 136 g/mol. The highest BCUT2D eigenvalue weighted by Gasteiger charge is 2.04. The monoisotopic (exact) mass is 136 g/mol. The molecular weight excluding hydrogens is 120 g/mol. The number of rotatable bonds is 1. The Morgan fingerprint density at radius 1 is 1.20 bits per heavy atom. The van der Waals surface area contributed by atoms with Gasteiger partial charge < -0.3 is 0 Å².